The summed E-state index contributed by atoms with van der Waals surface area (Å²) in [5.41, 5.74) is 28.3. The molecule has 0 unspecified atom stereocenters. The van der Waals surface area contributed by atoms with E-state index in [1.165, 1.54) is 0 Å². The van der Waals surface area contributed by atoms with Gasteiger partial charge in [-0.1, -0.05) is 58.0 Å². The molecule has 0 heterocycles. The predicted molar refractivity (Wildman–Crippen MR) is 235 cm³/mol. The molecule has 7 atom stereocenters. The first-order valence-electron chi connectivity index (χ1n) is 21.1. The van der Waals surface area contributed by atoms with Gasteiger partial charge in [-0.2, -0.15) is 0 Å². The lowest BCUT2D eigenvalue weighted by Gasteiger charge is -2.28. The molecule has 0 saturated heterocycles. The van der Waals surface area contributed by atoms with E-state index in [4.69, 9.17) is 28.7 Å². The molecule has 0 aliphatic rings. The number of carbonyl (C=O) groups is 9. The lowest BCUT2D eigenvalue weighted by molar-refractivity contribution is -0.142. The lowest BCUT2D eigenvalue weighted by Crippen LogP contribution is -2.60. The van der Waals surface area contributed by atoms with Gasteiger partial charge < -0.3 is 70.8 Å². The van der Waals surface area contributed by atoms with E-state index in [0.29, 0.717) is 12.0 Å². The van der Waals surface area contributed by atoms with Gasteiger partial charge in [0.05, 0.1) is 18.9 Å². The number of nitrogens with two attached hydrogens (primary N) is 5. The average molecular weight is 905 g/mol. The predicted octanol–water partition coefficient (Wildman–Crippen LogP) is -2.83. The van der Waals surface area contributed by atoms with Gasteiger partial charge in [0.15, 0.2) is 5.96 Å². The van der Waals surface area contributed by atoms with E-state index in [1.807, 2.05) is 13.8 Å². The van der Waals surface area contributed by atoms with Crippen LogP contribution in [0.25, 0.3) is 0 Å². The number of hydrogen-bond acceptors (Lipinski definition) is 12. The SMILES string of the molecule is CC(C)C[C@H](NC(=O)[C@H](CC(N)=O)NC(=O)[C@H](CCCCN)NC(=O)[C@H](CC(=O)O)NC(=O)[C@@H](N)CC(C)C)C(=O)N[C@@H](Cc1ccccc1)C(=O)N[C@@H](CCCN=C(N)N)C(=O)O. The highest BCUT2D eigenvalue weighted by molar-refractivity contribution is 5.99. The molecule has 0 aliphatic carbocycles. The maximum atomic E-state index is 14.0. The Morgan fingerprint density at radius 3 is 1.58 bits per heavy atom. The second-order valence-electron chi connectivity index (χ2n) is 16.3. The number of aliphatic imine (C=N–C) groups is 1. The van der Waals surface area contributed by atoms with E-state index in [9.17, 15) is 53.4 Å². The molecule has 0 fully saturated rings. The molecule has 23 nitrogen and oxygen atoms in total. The van der Waals surface area contributed by atoms with Gasteiger partial charge in [-0.15, -0.1) is 0 Å². The Morgan fingerprint density at radius 1 is 0.578 bits per heavy atom. The highest BCUT2D eigenvalue weighted by atomic mass is 16.4. The summed E-state index contributed by atoms with van der Waals surface area (Å²) in [6.07, 6.45) is -0.713. The van der Waals surface area contributed by atoms with Crippen LogP contribution in [0.1, 0.15) is 91.0 Å². The average Bonchev–Trinajstić information content (AvgIpc) is 3.19. The zero-order valence-electron chi connectivity index (χ0n) is 37.0. The third kappa shape index (κ3) is 22.6. The molecule has 1 rings (SSSR count). The summed E-state index contributed by atoms with van der Waals surface area (Å²) in [7, 11) is 0. The van der Waals surface area contributed by atoms with Crippen LogP contribution in [0.15, 0.2) is 35.3 Å². The highest BCUT2D eigenvalue weighted by Crippen LogP contribution is 2.11. The van der Waals surface area contributed by atoms with Crippen LogP contribution < -0.4 is 60.6 Å². The largest absolute Gasteiger partial charge is 0.481 e. The fraction of sp³-hybridized carbons (Fsp3) is 0.610. The number of carboxylic acids is 2. The van der Waals surface area contributed by atoms with Crippen molar-refractivity contribution in [3.8, 4) is 0 Å². The second kappa shape index (κ2) is 29.1. The number of unbranched alkanes of at least 4 members (excludes halogenated alkanes) is 1. The Morgan fingerprint density at radius 2 is 1.05 bits per heavy atom. The second-order valence-corrected chi connectivity index (χ2v) is 16.3. The monoisotopic (exact) mass is 905 g/mol. The third-order valence-electron chi connectivity index (χ3n) is 9.51. The Hall–Kier alpha value is -6.36. The molecule has 64 heavy (non-hydrogen) atoms. The van der Waals surface area contributed by atoms with Crippen molar-refractivity contribution in [2.45, 2.75) is 134 Å². The van der Waals surface area contributed by atoms with Crippen LogP contribution >= 0.6 is 0 Å². The summed E-state index contributed by atoms with van der Waals surface area (Å²) < 4.78 is 0. The zero-order chi connectivity index (χ0) is 48.5. The van der Waals surface area contributed by atoms with Gasteiger partial charge in [0, 0.05) is 13.0 Å². The van der Waals surface area contributed by atoms with Crippen molar-refractivity contribution in [1.82, 2.24) is 31.9 Å². The molecular weight excluding hydrogens is 837 g/mol. The fourth-order valence-corrected chi connectivity index (χ4v) is 6.33. The van der Waals surface area contributed by atoms with E-state index in [1.54, 1.807) is 44.2 Å². The molecule has 0 aliphatic heterocycles. The topological polar surface area (TPSA) is 409 Å². The number of rotatable bonds is 31. The van der Waals surface area contributed by atoms with Gasteiger partial charge in [0.2, 0.25) is 41.4 Å². The van der Waals surface area contributed by atoms with E-state index >= 15 is 0 Å². The number of aliphatic carboxylic acids is 2. The zero-order valence-corrected chi connectivity index (χ0v) is 37.0. The van der Waals surface area contributed by atoms with Crippen molar-refractivity contribution in [2.75, 3.05) is 13.1 Å². The van der Waals surface area contributed by atoms with Crippen molar-refractivity contribution in [2.24, 2.45) is 45.5 Å². The highest BCUT2D eigenvalue weighted by Gasteiger charge is 2.35. The summed E-state index contributed by atoms with van der Waals surface area (Å²) >= 11 is 0. The molecule has 23 heteroatoms. The number of primary amides is 1. The van der Waals surface area contributed by atoms with E-state index in [0.717, 1.165) is 0 Å². The quantitative estimate of drug-likeness (QED) is 0.0203. The van der Waals surface area contributed by atoms with Gasteiger partial charge in [-0.3, -0.25) is 43.3 Å². The Kier molecular flexibility index (Phi) is 25.3. The van der Waals surface area contributed by atoms with Crippen molar-refractivity contribution in [3.05, 3.63) is 35.9 Å². The third-order valence-corrected chi connectivity index (χ3v) is 9.51. The summed E-state index contributed by atoms with van der Waals surface area (Å²) in [5, 5.41) is 34.1. The van der Waals surface area contributed by atoms with Gasteiger partial charge in [-0.25, -0.2) is 4.79 Å². The van der Waals surface area contributed by atoms with Crippen molar-refractivity contribution in [3.63, 3.8) is 0 Å². The lowest BCUT2D eigenvalue weighted by atomic mass is 10.00. The van der Waals surface area contributed by atoms with Crippen molar-refractivity contribution in [1.29, 1.82) is 0 Å². The minimum absolute atomic E-state index is 0.00488. The molecule has 0 aromatic heterocycles. The Bertz CT molecular complexity index is 1760. The summed E-state index contributed by atoms with van der Waals surface area (Å²) in [5.74, 6) is -9.78. The number of hydrogen-bond donors (Lipinski definition) is 13. The molecule has 1 aromatic rings. The maximum absolute atomic E-state index is 14.0. The smallest absolute Gasteiger partial charge is 0.326 e. The summed E-state index contributed by atoms with van der Waals surface area (Å²) in [4.78, 5) is 121. The minimum Gasteiger partial charge on any atom is -0.481 e. The number of carboxylic acid groups (broad SMARTS) is 2. The van der Waals surface area contributed by atoms with E-state index in [2.05, 4.69) is 36.9 Å². The fourth-order valence-electron chi connectivity index (χ4n) is 6.33. The molecule has 1 aromatic carbocycles. The van der Waals surface area contributed by atoms with Crippen LogP contribution in [0.4, 0.5) is 0 Å². The Balaban J connectivity index is 3.42. The normalized spacial score (nSPS) is 14.3. The van der Waals surface area contributed by atoms with Crippen LogP contribution in [0.2, 0.25) is 0 Å². The number of carbonyl (C=O) groups excluding carboxylic acids is 7. The molecule has 7 amide bonds. The number of amides is 7. The standard InChI is InChI=1S/C41H68N12O11/c1-22(2)17-25(43)34(57)50-31(21-33(55)56)39(62)48-26(13-8-9-15-42)35(58)53-30(20-32(44)54)38(61)51-28(18-23(3)4)36(59)52-29(19-24-11-6-5-7-12-24)37(60)49-27(40(63)64)14-10-16-47-41(45)46/h5-7,11-12,22-23,25-31H,8-10,13-21,42-43H2,1-4H3,(H2,44,54)(H,48,62)(H,49,60)(H,50,57)(H,51,61)(H,52,59)(H,53,58)(H,55,56)(H,63,64)(H4,45,46,47)/t25-,26-,27-,28-,29-,30-,31-/m0/s1. The number of nitrogens with one attached hydrogen (secondary N) is 6. The van der Waals surface area contributed by atoms with Crippen LogP contribution in [-0.4, -0.2) is 125 Å². The van der Waals surface area contributed by atoms with Crippen LogP contribution in [0, 0.1) is 11.8 Å². The first kappa shape index (κ1) is 55.7. The van der Waals surface area contributed by atoms with Gasteiger partial charge in [0.25, 0.3) is 0 Å². The molecule has 18 N–H and O–H groups in total. The van der Waals surface area contributed by atoms with Crippen LogP contribution in [0.5, 0.6) is 0 Å². The molecule has 0 spiro atoms. The number of nitrogens with zero attached hydrogens (tertiary/aromatic N) is 1. The molecule has 358 valence electrons. The van der Waals surface area contributed by atoms with E-state index < -0.39 is 108 Å². The van der Waals surface area contributed by atoms with E-state index in [-0.39, 0.29) is 75.8 Å². The summed E-state index contributed by atoms with van der Waals surface area (Å²) in [6, 6.07) is -1.41. The molecule has 0 radical (unpaired) electrons. The first-order chi connectivity index (χ1) is 30.0. The number of benzene rings is 1. The summed E-state index contributed by atoms with van der Waals surface area (Å²) in [6.45, 7) is 7.44. The molecule has 0 saturated carbocycles. The van der Waals surface area contributed by atoms with Crippen LogP contribution in [-0.2, 0) is 49.6 Å². The Labute approximate surface area is 372 Å². The number of guanidine groups is 1. The van der Waals surface area contributed by atoms with Crippen molar-refractivity contribution < 1.29 is 53.4 Å². The van der Waals surface area contributed by atoms with Gasteiger partial charge in [0.1, 0.15) is 36.3 Å². The minimum atomic E-state index is -1.70. The van der Waals surface area contributed by atoms with Crippen LogP contribution in [0.3, 0.4) is 0 Å². The van der Waals surface area contributed by atoms with Gasteiger partial charge >= 0.3 is 11.9 Å². The molecular formula is C41H68N12O11. The van der Waals surface area contributed by atoms with Crippen molar-refractivity contribution >= 4 is 59.2 Å². The maximum Gasteiger partial charge on any atom is 0.326 e. The first-order valence-corrected chi connectivity index (χ1v) is 21.1. The van der Waals surface area contributed by atoms with Gasteiger partial charge in [-0.05, 0) is 68.9 Å². The molecule has 0 bridgehead atoms.